The first-order valence-corrected chi connectivity index (χ1v) is 7.01. The molecular formula is C15H19NO5. The van der Waals surface area contributed by atoms with E-state index in [1.165, 1.54) is 7.11 Å². The van der Waals surface area contributed by atoms with Crippen LogP contribution >= 0.6 is 0 Å². The third-order valence-corrected chi connectivity index (χ3v) is 4.15. The molecule has 0 saturated carbocycles. The molecule has 0 amide bonds. The van der Waals surface area contributed by atoms with Crippen LogP contribution in [0.15, 0.2) is 18.2 Å². The molecule has 0 bridgehead atoms. The normalized spacial score (nSPS) is 30.2. The number of hydrogen-bond acceptors (Lipinski definition) is 6. The van der Waals surface area contributed by atoms with Gasteiger partial charge in [0.15, 0.2) is 0 Å². The summed E-state index contributed by atoms with van der Waals surface area (Å²) in [4.78, 5) is 11.5. The number of carbonyl (C=O) groups excluding carboxylic acids is 1. The molecule has 0 aliphatic carbocycles. The second kappa shape index (κ2) is 5.54. The SMILES string of the molecule is COC(=O)C[C@H]1C[C@@H]2c3cc(N)ccc3O[C@@H]2[C@H](CO)O1. The molecule has 2 heterocycles. The van der Waals surface area contributed by atoms with Gasteiger partial charge in [-0.15, -0.1) is 0 Å². The van der Waals surface area contributed by atoms with Crippen molar-refractivity contribution in [3.8, 4) is 5.75 Å². The lowest BCUT2D eigenvalue weighted by Gasteiger charge is -2.36. The van der Waals surface area contributed by atoms with Crippen LogP contribution in [0.4, 0.5) is 5.69 Å². The molecule has 1 aromatic carbocycles. The van der Waals surface area contributed by atoms with E-state index in [0.717, 1.165) is 11.3 Å². The summed E-state index contributed by atoms with van der Waals surface area (Å²) < 4.78 is 16.4. The van der Waals surface area contributed by atoms with Crippen LogP contribution in [0.25, 0.3) is 0 Å². The molecular weight excluding hydrogens is 274 g/mol. The lowest BCUT2D eigenvalue weighted by molar-refractivity contribution is -0.156. The molecule has 0 spiro atoms. The van der Waals surface area contributed by atoms with Crippen molar-refractivity contribution in [3.05, 3.63) is 23.8 Å². The Morgan fingerprint density at radius 2 is 2.33 bits per heavy atom. The molecule has 2 aliphatic rings. The lowest BCUT2D eigenvalue weighted by Crippen LogP contribution is -2.46. The summed E-state index contributed by atoms with van der Waals surface area (Å²) in [6, 6.07) is 5.53. The van der Waals surface area contributed by atoms with E-state index in [-0.39, 0.29) is 37.1 Å². The molecule has 3 rings (SSSR count). The Bertz CT molecular complexity index is 547. The van der Waals surface area contributed by atoms with Gasteiger partial charge in [0.25, 0.3) is 0 Å². The standard InChI is InChI=1S/C15H19NO5/c1-19-14(18)6-9-5-11-10-4-8(16)2-3-12(10)21-15(11)13(7-17)20-9/h2-4,9,11,13,15,17H,5-7,16H2,1H3/t9-,11-,13+,15+/m1/s1. The number of nitrogen functional groups attached to an aromatic ring is 1. The van der Waals surface area contributed by atoms with Gasteiger partial charge in [0.1, 0.15) is 18.0 Å². The topological polar surface area (TPSA) is 91.0 Å². The number of methoxy groups -OCH3 is 1. The fraction of sp³-hybridized carbons (Fsp3) is 0.533. The van der Waals surface area contributed by atoms with E-state index in [0.29, 0.717) is 12.1 Å². The minimum atomic E-state index is -0.452. The predicted molar refractivity (Wildman–Crippen MR) is 75.0 cm³/mol. The molecule has 21 heavy (non-hydrogen) atoms. The average molecular weight is 293 g/mol. The highest BCUT2D eigenvalue weighted by Gasteiger charge is 2.46. The number of esters is 1. The maximum atomic E-state index is 11.5. The minimum Gasteiger partial charge on any atom is -0.487 e. The van der Waals surface area contributed by atoms with Crippen molar-refractivity contribution in [2.45, 2.75) is 37.1 Å². The van der Waals surface area contributed by atoms with Gasteiger partial charge in [-0.3, -0.25) is 4.79 Å². The van der Waals surface area contributed by atoms with Crippen LogP contribution in [0.3, 0.4) is 0 Å². The summed E-state index contributed by atoms with van der Waals surface area (Å²) in [5.41, 5.74) is 7.55. The average Bonchev–Trinajstić information content (AvgIpc) is 2.84. The van der Waals surface area contributed by atoms with E-state index in [9.17, 15) is 9.90 Å². The maximum absolute atomic E-state index is 11.5. The van der Waals surface area contributed by atoms with Crippen molar-refractivity contribution in [3.63, 3.8) is 0 Å². The minimum absolute atomic E-state index is 0.0732. The van der Waals surface area contributed by atoms with Crippen LogP contribution < -0.4 is 10.5 Å². The summed E-state index contributed by atoms with van der Waals surface area (Å²) in [6.45, 7) is -0.150. The quantitative estimate of drug-likeness (QED) is 0.633. The third-order valence-electron chi connectivity index (χ3n) is 4.15. The fourth-order valence-corrected chi connectivity index (χ4v) is 3.18. The molecule has 6 heteroatoms. The van der Waals surface area contributed by atoms with Crippen LogP contribution in [0.1, 0.15) is 24.3 Å². The summed E-state index contributed by atoms with van der Waals surface area (Å²) in [5, 5.41) is 9.53. The highest BCUT2D eigenvalue weighted by atomic mass is 16.6. The Morgan fingerprint density at radius 1 is 1.52 bits per heavy atom. The highest BCUT2D eigenvalue weighted by Crippen LogP contribution is 2.46. The molecule has 2 aliphatic heterocycles. The number of rotatable bonds is 3. The van der Waals surface area contributed by atoms with E-state index in [4.69, 9.17) is 15.2 Å². The number of ether oxygens (including phenoxy) is 3. The van der Waals surface area contributed by atoms with Gasteiger partial charge in [-0.05, 0) is 24.6 Å². The predicted octanol–water partition coefficient (Wildman–Crippen LogP) is 0.826. The molecule has 0 unspecified atom stereocenters. The van der Waals surface area contributed by atoms with Crippen LogP contribution in [0.2, 0.25) is 0 Å². The van der Waals surface area contributed by atoms with E-state index in [1.807, 2.05) is 12.1 Å². The molecule has 1 aromatic rings. The number of aliphatic hydroxyl groups excluding tert-OH is 1. The van der Waals surface area contributed by atoms with Crippen LogP contribution in [0, 0.1) is 0 Å². The van der Waals surface area contributed by atoms with Crippen molar-refractivity contribution >= 4 is 11.7 Å². The van der Waals surface area contributed by atoms with E-state index in [1.54, 1.807) is 6.07 Å². The van der Waals surface area contributed by atoms with Gasteiger partial charge < -0.3 is 25.1 Å². The second-order valence-corrected chi connectivity index (χ2v) is 5.48. The van der Waals surface area contributed by atoms with Crippen molar-refractivity contribution in [1.29, 1.82) is 0 Å². The van der Waals surface area contributed by atoms with Gasteiger partial charge in [-0.2, -0.15) is 0 Å². The number of hydrogen-bond donors (Lipinski definition) is 2. The highest BCUT2D eigenvalue weighted by molar-refractivity contribution is 5.69. The largest absolute Gasteiger partial charge is 0.487 e. The molecule has 4 atom stereocenters. The molecule has 0 aromatic heterocycles. The van der Waals surface area contributed by atoms with Crippen LogP contribution in [-0.2, 0) is 14.3 Å². The van der Waals surface area contributed by atoms with E-state index < -0.39 is 6.10 Å². The van der Waals surface area contributed by atoms with Gasteiger partial charge in [-0.1, -0.05) is 0 Å². The van der Waals surface area contributed by atoms with Gasteiger partial charge >= 0.3 is 5.97 Å². The summed E-state index contributed by atoms with van der Waals surface area (Å²) in [7, 11) is 1.35. The maximum Gasteiger partial charge on any atom is 0.308 e. The van der Waals surface area contributed by atoms with Gasteiger partial charge in [-0.25, -0.2) is 0 Å². The third kappa shape index (κ3) is 2.56. The monoisotopic (exact) mass is 293 g/mol. The second-order valence-electron chi connectivity index (χ2n) is 5.48. The number of carbonyl (C=O) groups is 1. The van der Waals surface area contributed by atoms with Crippen LogP contribution in [-0.4, -0.2) is 43.1 Å². The van der Waals surface area contributed by atoms with Gasteiger partial charge in [0.05, 0.1) is 26.2 Å². The number of anilines is 1. The zero-order chi connectivity index (χ0) is 15.0. The first-order chi connectivity index (χ1) is 10.1. The zero-order valence-corrected chi connectivity index (χ0v) is 11.8. The zero-order valence-electron chi connectivity index (χ0n) is 11.8. The van der Waals surface area contributed by atoms with Crippen molar-refractivity contribution in [2.75, 3.05) is 19.5 Å². The number of benzene rings is 1. The number of nitrogens with two attached hydrogens (primary N) is 1. The smallest absolute Gasteiger partial charge is 0.308 e. The van der Waals surface area contributed by atoms with Gasteiger partial charge in [0, 0.05) is 17.2 Å². The molecule has 1 saturated heterocycles. The van der Waals surface area contributed by atoms with E-state index >= 15 is 0 Å². The Hall–Kier alpha value is -1.79. The first-order valence-electron chi connectivity index (χ1n) is 7.01. The summed E-state index contributed by atoms with van der Waals surface area (Å²) in [5.74, 6) is 0.533. The van der Waals surface area contributed by atoms with Crippen molar-refractivity contribution in [1.82, 2.24) is 0 Å². The molecule has 3 N–H and O–H groups in total. The van der Waals surface area contributed by atoms with Crippen molar-refractivity contribution in [2.24, 2.45) is 0 Å². The lowest BCUT2D eigenvalue weighted by atomic mass is 9.84. The first kappa shape index (κ1) is 14.2. The molecule has 1 fully saturated rings. The fourth-order valence-electron chi connectivity index (χ4n) is 3.18. The Kier molecular flexibility index (Phi) is 3.73. The molecule has 114 valence electrons. The Balaban J connectivity index is 1.85. The summed E-state index contributed by atoms with van der Waals surface area (Å²) in [6.07, 6.45) is -0.153. The summed E-state index contributed by atoms with van der Waals surface area (Å²) >= 11 is 0. The molecule has 0 radical (unpaired) electrons. The van der Waals surface area contributed by atoms with Crippen LogP contribution in [0.5, 0.6) is 5.75 Å². The van der Waals surface area contributed by atoms with Crippen molar-refractivity contribution < 1.29 is 24.1 Å². The molecule has 6 nitrogen and oxygen atoms in total. The Morgan fingerprint density at radius 3 is 3.05 bits per heavy atom. The number of fused-ring (bicyclic) bond motifs is 3. The van der Waals surface area contributed by atoms with Gasteiger partial charge in [0.2, 0.25) is 0 Å². The van der Waals surface area contributed by atoms with E-state index in [2.05, 4.69) is 4.74 Å². The number of aliphatic hydroxyl groups is 1. The Labute approximate surface area is 122 Å².